The van der Waals surface area contributed by atoms with Crippen molar-refractivity contribution in [3.63, 3.8) is 0 Å². The Hall–Kier alpha value is -2.69. The van der Waals surface area contributed by atoms with E-state index < -0.39 is 10.0 Å². The van der Waals surface area contributed by atoms with Crippen LogP contribution in [0, 0.1) is 5.92 Å². The summed E-state index contributed by atoms with van der Waals surface area (Å²) in [6, 6.07) is 12.0. The number of carbonyl (C=O) groups is 1. The zero-order valence-corrected chi connectivity index (χ0v) is 17.3. The van der Waals surface area contributed by atoms with Crippen molar-refractivity contribution in [2.75, 3.05) is 25.1 Å². The van der Waals surface area contributed by atoms with Gasteiger partial charge in [0.25, 0.3) is 0 Å². The van der Waals surface area contributed by atoms with Crippen molar-refractivity contribution in [1.29, 1.82) is 0 Å². The average Bonchev–Trinajstić information content (AvgIpc) is 3.07. The smallest absolute Gasteiger partial charge is 0.238 e. The molecule has 4 rings (SSSR count). The third-order valence-corrected chi connectivity index (χ3v) is 6.85. The normalized spacial score (nSPS) is 14.6. The second-order valence-corrected chi connectivity index (χ2v) is 9.41. The van der Waals surface area contributed by atoms with Crippen LogP contribution >= 0.6 is 11.3 Å². The van der Waals surface area contributed by atoms with E-state index in [1.54, 1.807) is 30.6 Å². The highest BCUT2D eigenvalue weighted by Crippen LogP contribution is 2.34. The number of thiazole rings is 1. The fraction of sp³-hybridized carbons (Fsp3) is 0.263. The standard InChI is InChI=1S/C19H20N4O4S2/c1-27-14-4-7-17-16(8-14)22-19(28-17)23-10-13(11-23)18(24)21-9-12-2-5-15(6-3-12)29(20,25)26/h2-8,13H,9-11H2,1H3,(H,21,24)(H2,20,25,26). The van der Waals surface area contributed by atoms with Gasteiger partial charge in [-0.05, 0) is 29.8 Å². The fourth-order valence-electron chi connectivity index (χ4n) is 3.09. The minimum atomic E-state index is -3.71. The molecule has 0 radical (unpaired) electrons. The molecule has 1 amide bonds. The quantitative estimate of drug-likeness (QED) is 0.613. The van der Waals surface area contributed by atoms with Gasteiger partial charge in [0.05, 0.1) is 28.1 Å². The van der Waals surface area contributed by atoms with Crippen LogP contribution in [0.1, 0.15) is 5.56 Å². The lowest BCUT2D eigenvalue weighted by Gasteiger charge is -2.37. The Morgan fingerprint density at radius 1 is 1.28 bits per heavy atom. The number of amides is 1. The summed E-state index contributed by atoms with van der Waals surface area (Å²) in [5, 5.41) is 8.87. The Morgan fingerprint density at radius 2 is 2.00 bits per heavy atom. The SMILES string of the molecule is COc1ccc2sc(N3CC(C(=O)NCc4ccc(S(N)(=O)=O)cc4)C3)nc2c1. The first-order chi connectivity index (χ1) is 13.8. The maximum Gasteiger partial charge on any atom is 0.238 e. The molecular weight excluding hydrogens is 412 g/mol. The molecule has 3 aromatic rings. The van der Waals surface area contributed by atoms with Crippen molar-refractivity contribution >= 4 is 42.6 Å². The Kier molecular flexibility index (Phi) is 5.15. The molecule has 1 aliphatic heterocycles. The van der Waals surface area contributed by atoms with Gasteiger partial charge in [-0.3, -0.25) is 4.79 Å². The molecule has 2 aromatic carbocycles. The number of anilines is 1. The van der Waals surface area contributed by atoms with Crippen LogP contribution in [0.5, 0.6) is 5.75 Å². The highest BCUT2D eigenvalue weighted by atomic mass is 32.2. The highest BCUT2D eigenvalue weighted by molar-refractivity contribution is 7.89. The number of nitrogens with one attached hydrogen (secondary N) is 1. The summed E-state index contributed by atoms with van der Waals surface area (Å²) in [6.07, 6.45) is 0. The van der Waals surface area contributed by atoms with Crippen molar-refractivity contribution in [1.82, 2.24) is 10.3 Å². The lowest BCUT2D eigenvalue weighted by atomic mass is 10.00. The number of ether oxygens (including phenoxy) is 1. The number of benzene rings is 2. The molecule has 0 unspecified atom stereocenters. The van der Waals surface area contributed by atoms with Gasteiger partial charge in [-0.15, -0.1) is 0 Å². The van der Waals surface area contributed by atoms with Crippen molar-refractivity contribution in [2.24, 2.45) is 11.1 Å². The van der Waals surface area contributed by atoms with E-state index in [1.807, 2.05) is 18.2 Å². The van der Waals surface area contributed by atoms with Gasteiger partial charge in [0.2, 0.25) is 15.9 Å². The number of hydrogen-bond donors (Lipinski definition) is 2. The average molecular weight is 433 g/mol. The fourth-order valence-corrected chi connectivity index (χ4v) is 4.57. The van der Waals surface area contributed by atoms with Crippen molar-refractivity contribution in [2.45, 2.75) is 11.4 Å². The first kappa shape index (κ1) is 19.6. The van der Waals surface area contributed by atoms with Gasteiger partial charge in [-0.2, -0.15) is 0 Å². The van der Waals surface area contributed by atoms with Gasteiger partial charge < -0.3 is 15.0 Å². The summed E-state index contributed by atoms with van der Waals surface area (Å²) in [4.78, 5) is 19.1. The molecule has 29 heavy (non-hydrogen) atoms. The lowest BCUT2D eigenvalue weighted by Crippen LogP contribution is -2.53. The molecule has 1 aliphatic rings. The number of carbonyl (C=O) groups excluding carboxylic acids is 1. The molecule has 1 saturated heterocycles. The predicted molar refractivity (Wildman–Crippen MR) is 112 cm³/mol. The number of sulfonamides is 1. The highest BCUT2D eigenvalue weighted by Gasteiger charge is 2.34. The number of methoxy groups -OCH3 is 1. The molecule has 0 aliphatic carbocycles. The number of fused-ring (bicyclic) bond motifs is 1. The number of aromatic nitrogens is 1. The van der Waals surface area contributed by atoms with Crippen LogP contribution in [0.3, 0.4) is 0 Å². The van der Waals surface area contributed by atoms with Crippen LogP contribution in [-0.4, -0.2) is 39.5 Å². The molecular formula is C19H20N4O4S2. The maximum atomic E-state index is 12.4. The molecule has 0 atom stereocenters. The van der Waals surface area contributed by atoms with E-state index >= 15 is 0 Å². The minimum Gasteiger partial charge on any atom is -0.497 e. The van der Waals surface area contributed by atoms with Gasteiger partial charge in [-0.25, -0.2) is 18.5 Å². The van der Waals surface area contributed by atoms with E-state index in [2.05, 4.69) is 15.2 Å². The van der Waals surface area contributed by atoms with Crippen molar-refractivity contribution in [3.8, 4) is 5.75 Å². The molecule has 8 nitrogen and oxygen atoms in total. The molecule has 10 heteroatoms. The Morgan fingerprint density at radius 3 is 2.66 bits per heavy atom. The zero-order valence-electron chi connectivity index (χ0n) is 15.7. The molecule has 2 heterocycles. The first-order valence-corrected chi connectivity index (χ1v) is 11.3. The first-order valence-electron chi connectivity index (χ1n) is 8.92. The number of nitrogens with two attached hydrogens (primary N) is 1. The molecule has 0 spiro atoms. The second kappa shape index (κ2) is 7.62. The van der Waals surface area contributed by atoms with Gasteiger partial charge in [0, 0.05) is 25.7 Å². The van der Waals surface area contributed by atoms with Crippen LogP contribution in [0.15, 0.2) is 47.4 Å². The summed E-state index contributed by atoms with van der Waals surface area (Å²) < 4.78 is 28.9. The monoisotopic (exact) mass is 432 g/mol. The van der Waals surface area contributed by atoms with E-state index in [-0.39, 0.29) is 16.7 Å². The third kappa shape index (κ3) is 4.19. The Bertz CT molecular complexity index is 1150. The van der Waals surface area contributed by atoms with Gasteiger partial charge in [-0.1, -0.05) is 23.5 Å². The summed E-state index contributed by atoms with van der Waals surface area (Å²) in [7, 11) is -2.08. The molecule has 0 saturated carbocycles. The Balaban J connectivity index is 1.31. The lowest BCUT2D eigenvalue weighted by molar-refractivity contribution is -0.125. The van der Waals surface area contributed by atoms with Crippen LogP contribution in [0.4, 0.5) is 5.13 Å². The van der Waals surface area contributed by atoms with Gasteiger partial charge in [0.15, 0.2) is 5.13 Å². The van der Waals surface area contributed by atoms with E-state index in [0.717, 1.165) is 26.7 Å². The van der Waals surface area contributed by atoms with E-state index in [9.17, 15) is 13.2 Å². The van der Waals surface area contributed by atoms with Crippen LogP contribution in [0.25, 0.3) is 10.2 Å². The molecule has 0 bridgehead atoms. The van der Waals surface area contributed by atoms with Gasteiger partial charge >= 0.3 is 0 Å². The number of nitrogens with zero attached hydrogens (tertiary/aromatic N) is 2. The zero-order chi connectivity index (χ0) is 20.6. The third-order valence-electron chi connectivity index (χ3n) is 4.82. The minimum absolute atomic E-state index is 0.0282. The topological polar surface area (TPSA) is 115 Å². The van der Waals surface area contributed by atoms with E-state index in [0.29, 0.717) is 19.6 Å². The number of hydrogen-bond acceptors (Lipinski definition) is 7. The summed E-state index contributed by atoms with van der Waals surface area (Å²) in [6.45, 7) is 1.57. The maximum absolute atomic E-state index is 12.4. The molecule has 1 aromatic heterocycles. The summed E-state index contributed by atoms with van der Waals surface area (Å²) in [5.41, 5.74) is 1.70. The van der Waals surface area contributed by atoms with E-state index in [4.69, 9.17) is 9.88 Å². The predicted octanol–water partition coefficient (Wildman–Crippen LogP) is 1.70. The number of rotatable bonds is 6. The van der Waals surface area contributed by atoms with Crippen molar-refractivity contribution < 1.29 is 17.9 Å². The second-order valence-electron chi connectivity index (χ2n) is 6.84. The molecule has 1 fully saturated rings. The molecule has 3 N–H and O–H groups in total. The summed E-state index contributed by atoms with van der Waals surface area (Å²) >= 11 is 1.60. The number of primary sulfonamides is 1. The van der Waals surface area contributed by atoms with Crippen LogP contribution < -0.4 is 20.1 Å². The van der Waals surface area contributed by atoms with Crippen LogP contribution in [0.2, 0.25) is 0 Å². The van der Waals surface area contributed by atoms with Crippen molar-refractivity contribution in [3.05, 3.63) is 48.0 Å². The largest absolute Gasteiger partial charge is 0.497 e. The summed E-state index contributed by atoms with van der Waals surface area (Å²) in [5.74, 6) is 0.645. The Labute approximate surface area is 172 Å². The van der Waals surface area contributed by atoms with E-state index in [1.165, 1.54) is 12.1 Å². The van der Waals surface area contributed by atoms with Gasteiger partial charge in [0.1, 0.15) is 5.75 Å². The molecule has 152 valence electrons. The van der Waals surface area contributed by atoms with Crippen LogP contribution in [-0.2, 0) is 21.4 Å².